The van der Waals surface area contributed by atoms with E-state index in [1.165, 1.54) is 12.5 Å². The highest BCUT2D eigenvalue weighted by atomic mass is 127. The predicted molar refractivity (Wildman–Crippen MR) is 99.1 cm³/mol. The maximum Gasteiger partial charge on any atom is 0.171 e. The SMILES string of the molecule is C[C@@H]1C[C@H](NC(=S)Nc2ccc(I)cc2F)CC(C)(C)C1. The fourth-order valence-electron chi connectivity index (χ4n) is 3.39. The van der Waals surface area contributed by atoms with Gasteiger partial charge in [0.25, 0.3) is 0 Å². The molecule has 2 nitrogen and oxygen atoms in total. The fourth-order valence-corrected chi connectivity index (χ4v) is 4.12. The van der Waals surface area contributed by atoms with Gasteiger partial charge in [-0.2, -0.15) is 0 Å². The molecule has 0 unspecified atom stereocenters. The van der Waals surface area contributed by atoms with Gasteiger partial charge in [-0.1, -0.05) is 20.8 Å². The highest BCUT2D eigenvalue weighted by Gasteiger charge is 2.32. The molecule has 0 amide bonds. The molecule has 0 radical (unpaired) electrons. The molecule has 2 N–H and O–H groups in total. The predicted octanol–water partition coefficient (Wildman–Crippen LogP) is 4.93. The monoisotopic (exact) mass is 420 g/mol. The van der Waals surface area contributed by atoms with Gasteiger partial charge in [0.2, 0.25) is 0 Å². The molecule has 1 aromatic carbocycles. The Balaban J connectivity index is 1.95. The topological polar surface area (TPSA) is 24.1 Å². The summed E-state index contributed by atoms with van der Waals surface area (Å²) in [6, 6.07) is 5.44. The molecule has 5 heteroatoms. The van der Waals surface area contributed by atoms with Crippen LogP contribution in [0.1, 0.15) is 40.0 Å². The molecule has 0 saturated heterocycles. The first-order valence-corrected chi connectivity index (χ1v) is 8.76. The smallest absolute Gasteiger partial charge is 0.171 e. The first kappa shape index (κ1) is 16.9. The van der Waals surface area contributed by atoms with Gasteiger partial charge in [-0.25, -0.2) is 4.39 Å². The molecule has 0 heterocycles. The van der Waals surface area contributed by atoms with Crippen LogP contribution < -0.4 is 10.6 Å². The van der Waals surface area contributed by atoms with Gasteiger partial charge in [-0.3, -0.25) is 0 Å². The van der Waals surface area contributed by atoms with Crippen molar-refractivity contribution < 1.29 is 4.39 Å². The Kier molecular flexibility index (Phi) is 5.46. The summed E-state index contributed by atoms with van der Waals surface area (Å²) in [5.74, 6) is 0.410. The molecular formula is C16H22FIN2S. The minimum absolute atomic E-state index is 0.275. The van der Waals surface area contributed by atoms with Crippen molar-refractivity contribution in [2.75, 3.05) is 5.32 Å². The zero-order valence-electron chi connectivity index (χ0n) is 12.7. The number of rotatable bonds is 2. The van der Waals surface area contributed by atoms with Crippen molar-refractivity contribution in [3.8, 4) is 0 Å². The molecule has 1 aliphatic carbocycles. The largest absolute Gasteiger partial charge is 0.360 e. The van der Waals surface area contributed by atoms with Crippen molar-refractivity contribution >= 4 is 45.6 Å². The Hall–Kier alpha value is -0.430. The van der Waals surface area contributed by atoms with Gasteiger partial charge in [0.05, 0.1) is 5.69 Å². The minimum Gasteiger partial charge on any atom is -0.360 e. The highest BCUT2D eigenvalue weighted by molar-refractivity contribution is 14.1. The number of hydrogen-bond donors (Lipinski definition) is 2. The van der Waals surface area contributed by atoms with E-state index in [1.807, 2.05) is 6.07 Å². The van der Waals surface area contributed by atoms with Crippen LogP contribution in [0, 0.1) is 20.7 Å². The molecule has 0 bridgehead atoms. The summed E-state index contributed by atoms with van der Waals surface area (Å²) in [5.41, 5.74) is 0.759. The summed E-state index contributed by atoms with van der Waals surface area (Å²) in [5, 5.41) is 6.82. The standard InChI is InChI=1S/C16H22FIN2S/c1-10-6-12(9-16(2,3)8-10)19-15(21)20-14-5-4-11(18)7-13(14)17/h4-5,7,10,12H,6,8-9H2,1-3H3,(H2,19,20,21)/t10-,12+/m1/s1. The maximum absolute atomic E-state index is 13.8. The molecule has 2 atom stereocenters. The summed E-state index contributed by atoms with van der Waals surface area (Å²) in [4.78, 5) is 0. The molecule has 0 spiro atoms. The zero-order valence-corrected chi connectivity index (χ0v) is 15.6. The second-order valence-electron chi connectivity index (χ2n) is 6.83. The van der Waals surface area contributed by atoms with Crippen molar-refractivity contribution in [2.24, 2.45) is 11.3 Å². The Morgan fingerprint density at radius 3 is 2.71 bits per heavy atom. The van der Waals surface area contributed by atoms with Crippen LogP contribution in [0.3, 0.4) is 0 Å². The lowest BCUT2D eigenvalue weighted by atomic mass is 9.71. The third-order valence-corrected chi connectivity index (χ3v) is 4.79. The summed E-state index contributed by atoms with van der Waals surface area (Å²) in [7, 11) is 0. The van der Waals surface area contributed by atoms with Gasteiger partial charge in [0.1, 0.15) is 5.82 Å². The molecular weight excluding hydrogens is 398 g/mol. The summed E-state index contributed by atoms with van der Waals surface area (Å²) < 4.78 is 14.7. The lowest BCUT2D eigenvalue weighted by Crippen LogP contribution is -2.44. The fraction of sp³-hybridized carbons (Fsp3) is 0.562. The van der Waals surface area contributed by atoms with Crippen LogP contribution in [0.15, 0.2) is 18.2 Å². The Morgan fingerprint density at radius 1 is 1.38 bits per heavy atom. The van der Waals surface area contributed by atoms with Crippen LogP contribution in [0.2, 0.25) is 0 Å². The van der Waals surface area contributed by atoms with E-state index < -0.39 is 0 Å². The second-order valence-corrected chi connectivity index (χ2v) is 8.49. The number of halogens is 2. The number of hydrogen-bond acceptors (Lipinski definition) is 1. The van der Waals surface area contributed by atoms with Crippen molar-refractivity contribution in [3.05, 3.63) is 27.6 Å². The van der Waals surface area contributed by atoms with Gasteiger partial charge >= 0.3 is 0 Å². The maximum atomic E-state index is 13.8. The minimum atomic E-state index is -0.275. The highest BCUT2D eigenvalue weighted by Crippen LogP contribution is 2.38. The van der Waals surface area contributed by atoms with Gasteiger partial charge in [0.15, 0.2) is 5.11 Å². The first-order valence-electron chi connectivity index (χ1n) is 7.28. The first-order chi connectivity index (χ1) is 9.75. The third-order valence-electron chi connectivity index (χ3n) is 3.90. The van der Waals surface area contributed by atoms with Crippen LogP contribution in [0.4, 0.5) is 10.1 Å². The summed E-state index contributed by atoms with van der Waals surface area (Å²) in [6.45, 7) is 6.88. The van der Waals surface area contributed by atoms with E-state index in [0.717, 1.165) is 16.4 Å². The molecule has 116 valence electrons. The molecule has 1 saturated carbocycles. The number of thiocarbonyl (C=S) groups is 1. The van der Waals surface area contributed by atoms with E-state index in [-0.39, 0.29) is 5.82 Å². The molecule has 1 fully saturated rings. The van der Waals surface area contributed by atoms with Gasteiger partial charge in [-0.05, 0) is 83.6 Å². The average Bonchev–Trinajstić information content (AvgIpc) is 2.29. The summed E-state index contributed by atoms with van der Waals surface area (Å²) in [6.07, 6.45) is 3.45. The Bertz CT molecular complexity index is 533. The van der Waals surface area contributed by atoms with E-state index in [1.54, 1.807) is 6.07 Å². The van der Waals surface area contributed by atoms with Gasteiger partial charge < -0.3 is 10.6 Å². The average molecular weight is 420 g/mol. The van der Waals surface area contributed by atoms with Crippen LogP contribution in [0.25, 0.3) is 0 Å². The quantitative estimate of drug-likeness (QED) is 0.524. The van der Waals surface area contributed by atoms with Crippen LogP contribution in [-0.4, -0.2) is 11.2 Å². The number of nitrogens with one attached hydrogen (secondary N) is 2. The van der Waals surface area contributed by atoms with Crippen molar-refractivity contribution in [2.45, 2.75) is 46.1 Å². The van der Waals surface area contributed by atoms with Gasteiger partial charge in [-0.15, -0.1) is 0 Å². The van der Waals surface area contributed by atoms with Crippen molar-refractivity contribution in [1.29, 1.82) is 0 Å². The second kappa shape index (κ2) is 6.77. The van der Waals surface area contributed by atoms with Crippen molar-refractivity contribution in [3.63, 3.8) is 0 Å². The molecule has 1 aliphatic rings. The van der Waals surface area contributed by atoms with Crippen LogP contribution >= 0.6 is 34.8 Å². The zero-order chi connectivity index (χ0) is 15.6. The summed E-state index contributed by atoms with van der Waals surface area (Å²) >= 11 is 7.42. The molecule has 1 aromatic rings. The molecule has 21 heavy (non-hydrogen) atoms. The van der Waals surface area contributed by atoms with Crippen molar-refractivity contribution in [1.82, 2.24) is 5.32 Å². The van der Waals surface area contributed by atoms with E-state index in [9.17, 15) is 4.39 Å². The van der Waals surface area contributed by atoms with E-state index in [4.69, 9.17) is 12.2 Å². The van der Waals surface area contributed by atoms with E-state index in [0.29, 0.717) is 28.2 Å². The Morgan fingerprint density at radius 2 is 2.10 bits per heavy atom. The number of anilines is 1. The third kappa shape index (κ3) is 5.06. The molecule has 0 aromatic heterocycles. The van der Waals surface area contributed by atoms with E-state index in [2.05, 4.69) is 54.0 Å². The lowest BCUT2D eigenvalue weighted by Gasteiger charge is -2.39. The Labute approximate surface area is 145 Å². The molecule has 2 rings (SSSR count). The lowest BCUT2D eigenvalue weighted by molar-refractivity contribution is 0.162. The van der Waals surface area contributed by atoms with Gasteiger partial charge in [0, 0.05) is 9.61 Å². The molecule has 0 aliphatic heterocycles. The van der Waals surface area contributed by atoms with Crippen LogP contribution in [0.5, 0.6) is 0 Å². The van der Waals surface area contributed by atoms with E-state index >= 15 is 0 Å². The normalized spacial score (nSPS) is 24.4. The van der Waals surface area contributed by atoms with Crippen LogP contribution in [-0.2, 0) is 0 Å². The number of benzene rings is 1.